The third-order valence-corrected chi connectivity index (χ3v) is 6.02. The van der Waals surface area contributed by atoms with E-state index in [2.05, 4.69) is 10.6 Å². The smallest absolute Gasteiger partial charge is 0.163 e. The van der Waals surface area contributed by atoms with Gasteiger partial charge >= 0.3 is 0 Å². The number of allylic oxidation sites excluding steroid dienone is 1. The molecule has 0 saturated carbocycles. The van der Waals surface area contributed by atoms with Crippen LogP contribution in [0.15, 0.2) is 76.5 Å². The number of hydrogen-bond donors (Lipinski definition) is 2. The standard InChI is InChI=1S/C25H24N2O4/c1-29-21-10-9-15(14-23(21)30-2)16-12-19-24(20(28)13-16)25(22-8-5-11-31-22)27-18-7-4-3-6-17(18)26-19/h3-11,14,16,25-27H,12-13H2,1-2H3. The molecular weight excluding hydrogens is 392 g/mol. The third-order valence-electron chi connectivity index (χ3n) is 6.02. The number of furan rings is 1. The number of hydrogen-bond acceptors (Lipinski definition) is 6. The van der Waals surface area contributed by atoms with Gasteiger partial charge in [-0.25, -0.2) is 0 Å². The van der Waals surface area contributed by atoms with E-state index in [0.29, 0.717) is 24.3 Å². The minimum atomic E-state index is -0.333. The first-order valence-corrected chi connectivity index (χ1v) is 10.3. The lowest BCUT2D eigenvalue weighted by atomic mass is 9.79. The molecule has 1 aliphatic carbocycles. The quantitative estimate of drug-likeness (QED) is 0.603. The normalized spacial score (nSPS) is 20.1. The summed E-state index contributed by atoms with van der Waals surface area (Å²) in [4.78, 5) is 13.5. The molecule has 0 spiro atoms. The van der Waals surface area contributed by atoms with Gasteiger partial charge in [0.15, 0.2) is 17.3 Å². The number of carbonyl (C=O) groups is 1. The van der Waals surface area contributed by atoms with Crippen LogP contribution in [-0.4, -0.2) is 20.0 Å². The van der Waals surface area contributed by atoms with Crippen molar-refractivity contribution in [1.82, 2.24) is 0 Å². The second-order valence-corrected chi connectivity index (χ2v) is 7.80. The van der Waals surface area contributed by atoms with Crippen molar-refractivity contribution < 1.29 is 18.7 Å². The third kappa shape index (κ3) is 3.44. The minimum Gasteiger partial charge on any atom is -0.493 e. The summed E-state index contributed by atoms with van der Waals surface area (Å²) in [6.45, 7) is 0. The zero-order valence-corrected chi connectivity index (χ0v) is 17.5. The van der Waals surface area contributed by atoms with Gasteiger partial charge in [0, 0.05) is 17.7 Å². The first-order chi connectivity index (χ1) is 15.2. The van der Waals surface area contributed by atoms with Crippen molar-refractivity contribution in [3.63, 3.8) is 0 Å². The summed E-state index contributed by atoms with van der Waals surface area (Å²) in [5.41, 5.74) is 4.61. The molecule has 3 aromatic rings. The zero-order chi connectivity index (χ0) is 21.4. The highest BCUT2D eigenvalue weighted by atomic mass is 16.5. The molecular formula is C25H24N2O4. The van der Waals surface area contributed by atoms with Gasteiger partial charge in [0.25, 0.3) is 0 Å². The van der Waals surface area contributed by atoms with Gasteiger partial charge in [0.1, 0.15) is 11.8 Å². The summed E-state index contributed by atoms with van der Waals surface area (Å²) >= 11 is 0. The lowest BCUT2D eigenvalue weighted by Crippen LogP contribution is -2.26. The van der Waals surface area contributed by atoms with Crippen molar-refractivity contribution in [2.75, 3.05) is 24.9 Å². The van der Waals surface area contributed by atoms with Crippen LogP contribution in [0.4, 0.5) is 11.4 Å². The Kier molecular flexibility index (Phi) is 4.90. The van der Waals surface area contributed by atoms with Gasteiger partial charge in [-0.05, 0) is 54.3 Å². The number of methoxy groups -OCH3 is 2. The molecule has 1 aromatic heterocycles. The van der Waals surface area contributed by atoms with Gasteiger partial charge in [-0.15, -0.1) is 0 Å². The van der Waals surface area contributed by atoms with Crippen molar-refractivity contribution in [2.45, 2.75) is 24.8 Å². The molecule has 2 unspecified atom stereocenters. The van der Waals surface area contributed by atoms with Crippen LogP contribution in [0.1, 0.15) is 36.1 Å². The van der Waals surface area contributed by atoms with Crippen molar-refractivity contribution in [1.29, 1.82) is 0 Å². The van der Waals surface area contributed by atoms with Crippen LogP contribution in [0.3, 0.4) is 0 Å². The van der Waals surface area contributed by atoms with E-state index in [1.54, 1.807) is 20.5 Å². The molecule has 1 aliphatic heterocycles. The Labute approximate surface area is 180 Å². The lowest BCUT2D eigenvalue weighted by molar-refractivity contribution is -0.116. The zero-order valence-electron chi connectivity index (χ0n) is 17.5. The average Bonchev–Trinajstić information content (AvgIpc) is 3.27. The molecule has 0 amide bonds. The lowest BCUT2D eigenvalue weighted by Gasteiger charge is -2.29. The first kappa shape index (κ1) is 19.3. The van der Waals surface area contributed by atoms with E-state index < -0.39 is 0 Å². The summed E-state index contributed by atoms with van der Waals surface area (Å²) in [5, 5.41) is 7.04. The van der Waals surface area contributed by atoms with Crippen molar-refractivity contribution in [3.8, 4) is 11.5 Å². The average molecular weight is 416 g/mol. The van der Waals surface area contributed by atoms with Gasteiger partial charge in [0.2, 0.25) is 0 Å². The summed E-state index contributed by atoms with van der Waals surface area (Å²) in [6, 6.07) is 17.3. The number of fused-ring (bicyclic) bond motifs is 1. The Morgan fingerprint density at radius 3 is 2.48 bits per heavy atom. The first-order valence-electron chi connectivity index (χ1n) is 10.3. The second-order valence-electron chi connectivity index (χ2n) is 7.80. The second kappa shape index (κ2) is 7.87. The van der Waals surface area contributed by atoms with Crippen LogP contribution >= 0.6 is 0 Å². The van der Waals surface area contributed by atoms with E-state index in [4.69, 9.17) is 13.9 Å². The molecule has 2 atom stereocenters. The van der Waals surface area contributed by atoms with Gasteiger partial charge in [-0.1, -0.05) is 18.2 Å². The number of rotatable bonds is 4. The van der Waals surface area contributed by atoms with Gasteiger partial charge in [-0.2, -0.15) is 0 Å². The highest BCUT2D eigenvalue weighted by Crippen LogP contribution is 2.45. The monoisotopic (exact) mass is 416 g/mol. The van der Waals surface area contributed by atoms with Crippen molar-refractivity contribution in [2.24, 2.45) is 0 Å². The molecule has 0 fully saturated rings. The van der Waals surface area contributed by atoms with Gasteiger partial charge in [0.05, 0.1) is 31.9 Å². The summed E-state index contributed by atoms with van der Waals surface area (Å²) in [5.74, 6) is 2.22. The minimum absolute atomic E-state index is 0.0427. The fourth-order valence-corrected chi connectivity index (χ4v) is 4.50. The van der Waals surface area contributed by atoms with E-state index in [1.165, 1.54) is 0 Å². The SMILES string of the molecule is COc1ccc(C2CC(=O)C3=C(C2)Nc2ccccc2NC3c2ccco2)cc1OC. The number of nitrogens with one attached hydrogen (secondary N) is 2. The number of Topliss-reactive ketones (excluding diaryl/α,β-unsaturated/α-hetero) is 1. The molecule has 0 radical (unpaired) electrons. The van der Waals surface area contributed by atoms with Crippen LogP contribution in [0, 0.1) is 0 Å². The molecule has 31 heavy (non-hydrogen) atoms. The molecule has 0 saturated heterocycles. The fraction of sp³-hybridized carbons (Fsp3) is 0.240. The molecule has 2 heterocycles. The topological polar surface area (TPSA) is 72.7 Å². The number of benzene rings is 2. The highest BCUT2D eigenvalue weighted by Gasteiger charge is 2.37. The maximum absolute atomic E-state index is 13.5. The molecule has 2 aliphatic rings. The Hall–Kier alpha value is -3.67. The molecule has 6 heteroatoms. The van der Waals surface area contributed by atoms with Crippen LogP contribution in [-0.2, 0) is 4.79 Å². The molecule has 2 aromatic carbocycles. The fourth-order valence-electron chi connectivity index (χ4n) is 4.50. The Bertz CT molecular complexity index is 1150. The van der Waals surface area contributed by atoms with Gasteiger partial charge in [-0.3, -0.25) is 4.79 Å². The maximum atomic E-state index is 13.5. The summed E-state index contributed by atoms with van der Waals surface area (Å²) in [6.07, 6.45) is 2.77. The van der Waals surface area contributed by atoms with Gasteiger partial charge < -0.3 is 24.5 Å². The Morgan fingerprint density at radius 1 is 0.935 bits per heavy atom. The molecule has 158 valence electrons. The van der Waals surface area contributed by atoms with E-state index in [9.17, 15) is 4.79 Å². The molecule has 5 rings (SSSR count). The number of ketones is 1. The van der Waals surface area contributed by atoms with Crippen LogP contribution < -0.4 is 20.1 Å². The number of para-hydroxylation sites is 2. The highest BCUT2D eigenvalue weighted by molar-refractivity contribution is 6.01. The summed E-state index contributed by atoms with van der Waals surface area (Å²) in [7, 11) is 3.24. The van der Waals surface area contributed by atoms with Crippen LogP contribution in [0.2, 0.25) is 0 Å². The number of ether oxygens (including phenoxy) is 2. The predicted octanol–water partition coefficient (Wildman–Crippen LogP) is 5.28. The molecule has 2 N–H and O–H groups in total. The Morgan fingerprint density at radius 2 is 1.74 bits per heavy atom. The predicted molar refractivity (Wildman–Crippen MR) is 119 cm³/mol. The number of anilines is 2. The molecule has 0 bridgehead atoms. The van der Waals surface area contributed by atoms with Crippen LogP contribution in [0.25, 0.3) is 0 Å². The maximum Gasteiger partial charge on any atom is 0.163 e. The van der Waals surface area contributed by atoms with E-state index in [-0.39, 0.29) is 17.7 Å². The van der Waals surface area contributed by atoms with Crippen molar-refractivity contribution in [3.05, 3.63) is 83.5 Å². The Balaban J connectivity index is 1.56. The van der Waals surface area contributed by atoms with Crippen molar-refractivity contribution >= 4 is 17.2 Å². The van der Waals surface area contributed by atoms with E-state index in [1.807, 2.05) is 54.6 Å². The largest absolute Gasteiger partial charge is 0.493 e. The van der Waals surface area contributed by atoms with Crippen LogP contribution in [0.5, 0.6) is 11.5 Å². The number of carbonyl (C=O) groups excluding carboxylic acids is 1. The molecule has 6 nitrogen and oxygen atoms in total. The van der Waals surface area contributed by atoms with E-state index >= 15 is 0 Å². The van der Waals surface area contributed by atoms with E-state index in [0.717, 1.165) is 34.0 Å². The summed E-state index contributed by atoms with van der Waals surface area (Å²) < 4.78 is 16.5.